The number of hydrogen-bond donors (Lipinski definition) is 0. The zero-order valence-electron chi connectivity index (χ0n) is 13.3. The molecule has 4 rings (SSSR count). The molecule has 0 atom stereocenters. The van der Waals surface area contributed by atoms with Crippen LogP contribution in [-0.2, 0) is 6.42 Å². The topological polar surface area (TPSA) is 34.9 Å². The number of aromatic nitrogens is 2. The van der Waals surface area contributed by atoms with E-state index in [-0.39, 0.29) is 5.56 Å². The summed E-state index contributed by atoms with van der Waals surface area (Å²) in [6.07, 6.45) is 2.61. The molecule has 2 aromatic heterocycles. The van der Waals surface area contributed by atoms with Crippen molar-refractivity contribution in [1.29, 1.82) is 0 Å². The molecular formula is C20H16N2OS. The minimum atomic E-state index is -0.0172. The van der Waals surface area contributed by atoms with Crippen molar-refractivity contribution in [1.82, 2.24) is 9.55 Å². The fraction of sp³-hybridized carbons (Fsp3) is 0.100. The van der Waals surface area contributed by atoms with E-state index in [0.717, 1.165) is 28.8 Å². The van der Waals surface area contributed by atoms with Crippen LogP contribution >= 0.6 is 11.3 Å². The Hall–Kier alpha value is -2.72. The molecule has 4 aromatic rings. The lowest BCUT2D eigenvalue weighted by atomic mass is 10.1. The average Bonchev–Trinajstić information content (AvgIpc) is 3.08. The third-order valence-corrected chi connectivity index (χ3v) is 5.14. The summed E-state index contributed by atoms with van der Waals surface area (Å²) in [5.41, 5.74) is 4.96. The molecule has 0 fully saturated rings. The van der Waals surface area contributed by atoms with Crippen LogP contribution in [0, 0.1) is 0 Å². The maximum Gasteiger partial charge on any atom is 0.275 e. The van der Waals surface area contributed by atoms with Crippen LogP contribution < -0.4 is 5.56 Å². The van der Waals surface area contributed by atoms with Gasteiger partial charge >= 0.3 is 0 Å². The van der Waals surface area contributed by atoms with Gasteiger partial charge in [0.25, 0.3) is 5.56 Å². The van der Waals surface area contributed by atoms with Crippen LogP contribution in [0.2, 0.25) is 0 Å². The Balaban J connectivity index is 1.86. The van der Waals surface area contributed by atoms with Gasteiger partial charge in [-0.3, -0.25) is 9.36 Å². The van der Waals surface area contributed by atoms with Gasteiger partial charge in [0.2, 0.25) is 0 Å². The molecule has 2 aromatic carbocycles. The van der Waals surface area contributed by atoms with Gasteiger partial charge in [-0.15, -0.1) is 11.3 Å². The van der Waals surface area contributed by atoms with E-state index in [2.05, 4.69) is 24.0 Å². The molecule has 118 valence electrons. The molecule has 3 nitrogen and oxygen atoms in total. The predicted octanol–water partition coefficient (Wildman–Crippen LogP) is 4.68. The van der Waals surface area contributed by atoms with Gasteiger partial charge in [0.05, 0.1) is 11.2 Å². The summed E-state index contributed by atoms with van der Waals surface area (Å²) in [5, 5.41) is 2.01. The molecule has 0 amide bonds. The van der Waals surface area contributed by atoms with E-state index in [1.54, 1.807) is 10.9 Å². The van der Waals surface area contributed by atoms with Crippen molar-refractivity contribution in [2.24, 2.45) is 0 Å². The van der Waals surface area contributed by atoms with Crippen molar-refractivity contribution in [2.75, 3.05) is 0 Å². The number of aryl methyl sites for hydroxylation is 1. The number of hydrogen-bond acceptors (Lipinski definition) is 3. The highest BCUT2D eigenvalue weighted by atomic mass is 32.1. The number of nitrogens with zero attached hydrogens (tertiary/aromatic N) is 2. The average molecular weight is 332 g/mol. The first-order valence-corrected chi connectivity index (χ1v) is 8.79. The Labute approximate surface area is 143 Å². The quantitative estimate of drug-likeness (QED) is 0.546. The molecule has 0 bridgehead atoms. The van der Waals surface area contributed by atoms with Gasteiger partial charge in [0.1, 0.15) is 11.0 Å². The maximum atomic E-state index is 12.9. The van der Waals surface area contributed by atoms with Gasteiger partial charge in [-0.1, -0.05) is 49.4 Å². The molecule has 0 spiro atoms. The lowest BCUT2D eigenvalue weighted by Crippen LogP contribution is -2.17. The fourth-order valence-electron chi connectivity index (χ4n) is 2.81. The van der Waals surface area contributed by atoms with Gasteiger partial charge in [0.15, 0.2) is 0 Å². The largest absolute Gasteiger partial charge is 0.275 e. The number of thiophene rings is 1. The molecule has 0 aliphatic rings. The number of rotatable bonds is 3. The van der Waals surface area contributed by atoms with E-state index in [0.29, 0.717) is 4.70 Å². The normalized spacial score (nSPS) is 11.0. The van der Waals surface area contributed by atoms with Crippen LogP contribution in [-0.4, -0.2) is 9.55 Å². The van der Waals surface area contributed by atoms with Crippen molar-refractivity contribution in [2.45, 2.75) is 13.3 Å². The van der Waals surface area contributed by atoms with Gasteiger partial charge < -0.3 is 0 Å². The smallest absolute Gasteiger partial charge is 0.267 e. The number of benzene rings is 2. The lowest BCUT2D eigenvalue weighted by molar-refractivity contribution is 0.964. The Morgan fingerprint density at radius 1 is 1.04 bits per heavy atom. The summed E-state index contributed by atoms with van der Waals surface area (Å²) in [7, 11) is 0. The lowest BCUT2D eigenvalue weighted by Gasteiger charge is -2.06. The van der Waals surface area contributed by atoms with Gasteiger partial charge in [0, 0.05) is 10.9 Å². The van der Waals surface area contributed by atoms with Crippen LogP contribution in [0.3, 0.4) is 0 Å². The Morgan fingerprint density at radius 2 is 1.79 bits per heavy atom. The molecule has 4 heteroatoms. The first kappa shape index (κ1) is 14.8. The second-order valence-electron chi connectivity index (χ2n) is 5.63. The molecule has 2 heterocycles. The zero-order chi connectivity index (χ0) is 16.5. The van der Waals surface area contributed by atoms with Crippen molar-refractivity contribution in [3.8, 4) is 16.8 Å². The van der Waals surface area contributed by atoms with Gasteiger partial charge in [-0.2, -0.15) is 0 Å². The summed E-state index contributed by atoms with van der Waals surface area (Å²) >= 11 is 1.46. The highest BCUT2D eigenvalue weighted by Crippen LogP contribution is 2.30. The highest BCUT2D eigenvalue weighted by molar-refractivity contribution is 7.17. The maximum absolute atomic E-state index is 12.9. The first-order valence-electron chi connectivity index (χ1n) is 7.91. The molecule has 0 N–H and O–H groups in total. The van der Waals surface area contributed by atoms with Crippen molar-refractivity contribution >= 4 is 21.6 Å². The monoisotopic (exact) mass is 332 g/mol. The summed E-state index contributed by atoms with van der Waals surface area (Å²) in [5.74, 6) is 0. The zero-order valence-corrected chi connectivity index (χ0v) is 14.1. The molecule has 24 heavy (non-hydrogen) atoms. The fourth-order valence-corrected chi connectivity index (χ4v) is 3.76. The van der Waals surface area contributed by atoms with Crippen molar-refractivity contribution < 1.29 is 0 Å². The Bertz CT molecular complexity index is 1050. The van der Waals surface area contributed by atoms with Crippen LogP contribution in [0.4, 0.5) is 0 Å². The van der Waals surface area contributed by atoms with Crippen molar-refractivity contribution in [3.05, 3.63) is 82.2 Å². The third kappa shape index (κ3) is 2.45. The molecular weight excluding hydrogens is 316 g/mol. The highest BCUT2D eigenvalue weighted by Gasteiger charge is 2.13. The van der Waals surface area contributed by atoms with E-state index in [4.69, 9.17) is 0 Å². The molecule has 0 aliphatic heterocycles. The van der Waals surface area contributed by atoms with E-state index in [9.17, 15) is 4.79 Å². The van der Waals surface area contributed by atoms with Crippen molar-refractivity contribution in [3.63, 3.8) is 0 Å². The molecule has 0 radical (unpaired) electrons. The van der Waals surface area contributed by atoms with Gasteiger partial charge in [-0.05, 0) is 29.7 Å². The van der Waals surface area contributed by atoms with E-state index < -0.39 is 0 Å². The Kier molecular flexibility index (Phi) is 3.75. The number of fused-ring (bicyclic) bond motifs is 1. The molecule has 0 saturated carbocycles. The van der Waals surface area contributed by atoms with E-state index >= 15 is 0 Å². The molecule has 0 aliphatic carbocycles. The second-order valence-corrected chi connectivity index (χ2v) is 6.51. The summed E-state index contributed by atoms with van der Waals surface area (Å²) < 4.78 is 2.31. The summed E-state index contributed by atoms with van der Waals surface area (Å²) in [4.78, 5) is 17.4. The third-order valence-electron chi connectivity index (χ3n) is 4.19. The minimum absolute atomic E-state index is 0.0172. The summed E-state index contributed by atoms with van der Waals surface area (Å²) in [6, 6.07) is 18.1. The van der Waals surface area contributed by atoms with Gasteiger partial charge in [-0.25, -0.2) is 4.98 Å². The minimum Gasteiger partial charge on any atom is -0.267 e. The van der Waals surface area contributed by atoms with Crippen LogP contribution in [0.15, 0.2) is 71.1 Å². The van der Waals surface area contributed by atoms with E-state index in [1.165, 1.54) is 16.9 Å². The second kappa shape index (κ2) is 6.06. The molecule has 0 unspecified atom stereocenters. The van der Waals surface area contributed by atoms with E-state index in [1.807, 2.05) is 47.8 Å². The summed E-state index contributed by atoms with van der Waals surface area (Å²) in [6.45, 7) is 2.12. The SMILES string of the molecule is CCc1ccc(-n2cnc3c(-c4ccccc4)csc3c2=O)cc1. The predicted molar refractivity (Wildman–Crippen MR) is 100 cm³/mol. The standard InChI is InChI=1S/C20H16N2OS/c1-2-14-8-10-16(11-9-14)22-13-21-18-17(12-24-19(18)20(22)23)15-6-4-3-5-7-15/h3-13H,2H2,1H3. The van der Waals surface area contributed by atoms with Crippen LogP contribution in [0.25, 0.3) is 27.0 Å². The molecule has 0 saturated heterocycles. The Morgan fingerprint density at radius 3 is 2.50 bits per heavy atom. The first-order chi connectivity index (χ1) is 11.8. The van der Waals surface area contributed by atoms with Crippen LogP contribution in [0.5, 0.6) is 0 Å². The van der Waals surface area contributed by atoms with Crippen LogP contribution in [0.1, 0.15) is 12.5 Å².